The summed E-state index contributed by atoms with van der Waals surface area (Å²) in [5.41, 5.74) is 2.22. The summed E-state index contributed by atoms with van der Waals surface area (Å²) >= 11 is 0. The van der Waals surface area contributed by atoms with Gasteiger partial charge in [0.15, 0.2) is 11.6 Å². The molecule has 0 aliphatic heterocycles. The van der Waals surface area contributed by atoms with Gasteiger partial charge in [-0.1, -0.05) is 0 Å². The van der Waals surface area contributed by atoms with E-state index in [1.807, 2.05) is 0 Å². The predicted molar refractivity (Wildman–Crippen MR) is 82.8 cm³/mol. The molecule has 0 bridgehead atoms. The first-order chi connectivity index (χ1) is 11.5. The number of benzene rings is 1. The van der Waals surface area contributed by atoms with Crippen molar-refractivity contribution in [2.75, 3.05) is 13.2 Å². The van der Waals surface area contributed by atoms with E-state index < -0.39 is 23.8 Å². The van der Waals surface area contributed by atoms with Crippen LogP contribution in [0.25, 0.3) is 0 Å². The zero-order valence-corrected chi connectivity index (χ0v) is 13.6. The number of ether oxygens (including phenoxy) is 2. The Morgan fingerprint density at radius 3 is 1.58 bits per heavy atom. The van der Waals surface area contributed by atoms with Crippen molar-refractivity contribution >= 4 is 23.5 Å². The SMILES string of the molecule is CCOC(=O)C1Cc2cc3c(cc2C1=O)CC(C(=O)OCC)C3=O. The molecule has 6 heteroatoms. The lowest BCUT2D eigenvalue weighted by molar-refractivity contribution is -0.146. The molecule has 2 unspecified atom stereocenters. The van der Waals surface area contributed by atoms with Crippen LogP contribution in [0.4, 0.5) is 0 Å². The van der Waals surface area contributed by atoms with Crippen molar-refractivity contribution in [1.82, 2.24) is 0 Å². The molecule has 6 nitrogen and oxygen atoms in total. The second kappa shape index (κ2) is 6.19. The molecule has 2 aliphatic rings. The van der Waals surface area contributed by atoms with E-state index in [0.29, 0.717) is 22.3 Å². The lowest BCUT2D eigenvalue weighted by Crippen LogP contribution is -2.23. The average molecular weight is 330 g/mol. The standard InChI is InChI=1S/C18H18O6/c1-3-23-17(21)13-7-9-5-12-10(6-11(9)15(13)19)8-14(16(12)20)18(22)24-4-2/h5-6,13-14H,3-4,7-8H2,1-2H3. The smallest absolute Gasteiger partial charge is 0.317 e. The molecule has 0 saturated carbocycles. The van der Waals surface area contributed by atoms with Gasteiger partial charge in [-0.3, -0.25) is 19.2 Å². The third kappa shape index (κ3) is 2.52. The van der Waals surface area contributed by atoms with Crippen molar-refractivity contribution in [3.8, 4) is 0 Å². The normalized spacial score (nSPS) is 21.4. The van der Waals surface area contributed by atoms with Crippen molar-refractivity contribution < 1.29 is 28.7 Å². The first-order valence-electron chi connectivity index (χ1n) is 8.05. The maximum atomic E-state index is 12.4. The van der Waals surface area contributed by atoms with Gasteiger partial charge in [-0.25, -0.2) is 0 Å². The van der Waals surface area contributed by atoms with Crippen molar-refractivity contribution in [1.29, 1.82) is 0 Å². The highest BCUT2D eigenvalue weighted by Gasteiger charge is 2.42. The van der Waals surface area contributed by atoms with Crippen LogP contribution in [0.3, 0.4) is 0 Å². The largest absolute Gasteiger partial charge is 0.465 e. The highest BCUT2D eigenvalue weighted by Crippen LogP contribution is 2.35. The third-order valence-electron chi connectivity index (χ3n) is 4.48. The molecular formula is C18H18O6. The minimum atomic E-state index is -0.835. The van der Waals surface area contributed by atoms with Crippen LogP contribution in [-0.2, 0) is 31.9 Å². The van der Waals surface area contributed by atoms with Crippen LogP contribution in [0.5, 0.6) is 0 Å². The van der Waals surface area contributed by atoms with E-state index in [4.69, 9.17) is 9.47 Å². The van der Waals surface area contributed by atoms with Crippen molar-refractivity contribution in [3.05, 3.63) is 34.4 Å². The number of esters is 2. The van der Waals surface area contributed by atoms with E-state index in [1.165, 1.54) is 0 Å². The molecule has 2 atom stereocenters. The monoisotopic (exact) mass is 330 g/mol. The van der Waals surface area contributed by atoms with Gasteiger partial charge in [0.05, 0.1) is 13.2 Å². The summed E-state index contributed by atoms with van der Waals surface area (Å²) in [5, 5.41) is 0. The van der Waals surface area contributed by atoms with E-state index in [9.17, 15) is 19.2 Å². The van der Waals surface area contributed by atoms with Crippen molar-refractivity contribution in [2.24, 2.45) is 11.8 Å². The number of fused-ring (bicyclic) bond motifs is 2. The highest BCUT2D eigenvalue weighted by molar-refractivity contribution is 6.16. The van der Waals surface area contributed by atoms with Gasteiger partial charge in [-0.2, -0.15) is 0 Å². The third-order valence-corrected chi connectivity index (χ3v) is 4.48. The number of hydrogen-bond donors (Lipinski definition) is 0. The summed E-state index contributed by atoms with van der Waals surface area (Å²) in [7, 11) is 0. The van der Waals surface area contributed by atoms with Gasteiger partial charge < -0.3 is 9.47 Å². The molecule has 0 radical (unpaired) electrons. The molecule has 0 heterocycles. The van der Waals surface area contributed by atoms with E-state index in [2.05, 4.69) is 0 Å². The molecule has 126 valence electrons. The second-order valence-electron chi connectivity index (χ2n) is 5.91. The molecule has 1 aromatic carbocycles. The molecule has 0 aromatic heterocycles. The Kier molecular flexibility index (Phi) is 4.22. The Morgan fingerprint density at radius 1 is 0.875 bits per heavy atom. The summed E-state index contributed by atoms with van der Waals surface area (Å²) in [6, 6.07) is 3.28. The summed E-state index contributed by atoms with van der Waals surface area (Å²) in [5.74, 6) is -3.29. The van der Waals surface area contributed by atoms with E-state index in [1.54, 1.807) is 26.0 Å². The second-order valence-corrected chi connectivity index (χ2v) is 5.91. The maximum absolute atomic E-state index is 12.4. The summed E-state index contributed by atoms with van der Waals surface area (Å²) in [4.78, 5) is 48.6. The summed E-state index contributed by atoms with van der Waals surface area (Å²) < 4.78 is 9.87. The maximum Gasteiger partial charge on any atom is 0.317 e. The molecule has 0 saturated heterocycles. The molecular weight excluding hydrogens is 312 g/mol. The summed E-state index contributed by atoms with van der Waals surface area (Å²) in [6.07, 6.45) is 0.468. The van der Waals surface area contributed by atoms with Gasteiger partial charge in [0.2, 0.25) is 0 Å². The molecule has 0 spiro atoms. The minimum absolute atomic E-state index is 0.217. The number of rotatable bonds is 4. The van der Waals surface area contributed by atoms with Crippen molar-refractivity contribution in [3.63, 3.8) is 0 Å². The fraction of sp³-hybridized carbons (Fsp3) is 0.444. The Hall–Kier alpha value is -2.50. The van der Waals surface area contributed by atoms with Crippen LogP contribution in [-0.4, -0.2) is 36.7 Å². The minimum Gasteiger partial charge on any atom is -0.465 e. The first-order valence-corrected chi connectivity index (χ1v) is 8.05. The van der Waals surface area contributed by atoms with E-state index in [0.717, 1.165) is 0 Å². The average Bonchev–Trinajstić information content (AvgIpc) is 3.04. The first kappa shape index (κ1) is 16.4. The van der Waals surface area contributed by atoms with Gasteiger partial charge in [0.1, 0.15) is 11.8 Å². The van der Waals surface area contributed by atoms with Crippen LogP contribution >= 0.6 is 0 Å². The molecule has 2 aliphatic carbocycles. The highest BCUT2D eigenvalue weighted by atomic mass is 16.5. The van der Waals surface area contributed by atoms with Gasteiger partial charge in [-0.05, 0) is 49.9 Å². The van der Waals surface area contributed by atoms with Crippen LogP contribution in [0, 0.1) is 11.8 Å². The fourth-order valence-corrected chi connectivity index (χ4v) is 3.35. The molecule has 1 aromatic rings. The van der Waals surface area contributed by atoms with Crippen LogP contribution in [0.1, 0.15) is 45.7 Å². The number of hydrogen-bond acceptors (Lipinski definition) is 6. The van der Waals surface area contributed by atoms with Crippen LogP contribution in [0.15, 0.2) is 12.1 Å². The Morgan fingerprint density at radius 2 is 1.25 bits per heavy atom. The number of Topliss-reactive ketones (excluding diaryl/α,β-unsaturated/α-hetero) is 2. The molecule has 0 amide bonds. The Bertz CT molecular complexity index is 684. The Labute approximate surface area is 139 Å². The molecule has 0 fully saturated rings. The van der Waals surface area contributed by atoms with Gasteiger partial charge in [0.25, 0.3) is 0 Å². The topological polar surface area (TPSA) is 86.7 Å². The van der Waals surface area contributed by atoms with Gasteiger partial charge in [-0.15, -0.1) is 0 Å². The van der Waals surface area contributed by atoms with Gasteiger partial charge >= 0.3 is 11.9 Å². The van der Waals surface area contributed by atoms with Crippen LogP contribution in [0.2, 0.25) is 0 Å². The predicted octanol–water partition coefficient (Wildman–Crippen LogP) is 1.52. The molecule has 0 N–H and O–H groups in total. The number of ketones is 2. The Balaban J connectivity index is 1.88. The van der Waals surface area contributed by atoms with E-state index >= 15 is 0 Å². The zero-order chi connectivity index (χ0) is 17.4. The lowest BCUT2D eigenvalue weighted by atomic mass is 10.0. The fourth-order valence-electron chi connectivity index (χ4n) is 3.35. The number of carbonyl (C=O) groups is 4. The van der Waals surface area contributed by atoms with Gasteiger partial charge in [0, 0.05) is 11.1 Å². The quantitative estimate of drug-likeness (QED) is 0.614. The summed E-state index contributed by atoms with van der Waals surface area (Å²) in [6.45, 7) is 3.81. The molecule has 24 heavy (non-hydrogen) atoms. The lowest BCUT2D eigenvalue weighted by Gasteiger charge is -2.06. The number of carbonyl (C=O) groups excluding carboxylic acids is 4. The van der Waals surface area contributed by atoms with E-state index in [-0.39, 0.29) is 37.6 Å². The van der Waals surface area contributed by atoms with Crippen LogP contribution < -0.4 is 0 Å². The zero-order valence-electron chi connectivity index (χ0n) is 13.6. The molecule has 3 rings (SSSR count). The van der Waals surface area contributed by atoms with Crippen molar-refractivity contribution in [2.45, 2.75) is 26.7 Å².